The first-order valence-electron chi connectivity index (χ1n) is 6.19. The zero-order valence-electron chi connectivity index (χ0n) is 10.0. The summed E-state index contributed by atoms with van der Waals surface area (Å²) in [6.07, 6.45) is 4.27. The number of fused-ring (bicyclic) bond motifs is 1. The quantitative estimate of drug-likeness (QED) is 0.863. The van der Waals surface area contributed by atoms with E-state index in [1.807, 2.05) is 18.2 Å². The number of rotatable bonds is 2. The molecule has 1 aliphatic rings. The number of aryl methyl sites for hydroxylation is 1. The van der Waals surface area contributed by atoms with E-state index in [4.69, 9.17) is 9.15 Å². The second-order valence-corrected chi connectivity index (χ2v) is 4.62. The summed E-state index contributed by atoms with van der Waals surface area (Å²) in [7, 11) is 0. The van der Waals surface area contributed by atoms with Gasteiger partial charge in [-0.2, -0.15) is 0 Å². The smallest absolute Gasteiger partial charge is 0.137 e. The number of hydrogen-bond donors (Lipinski definition) is 1. The Bertz CT molecular complexity index is 512. The molecule has 1 aromatic heterocycles. The van der Waals surface area contributed by atoms with Crippen LogP contribution in [0.4, 0.5) is 0 Å². The summed E-state index contributed by atoms with van der Waals surface area (Å²) < 4.78 is 11.6. The van der Waals surface area contributed by atoms with Gasteiger partial charge in [-0.25, -0.2) is 0 Å². The van der Waals surface area contributed by atoms with E-state index in [0.29, 0.717) is 6.10 Å². The van der Waals surface area contributed by atoms with Crippen LogP contribution in [-0.2, 0) is 0 Å². The molecule has 0 aliphatic carbocycles. The summed E-state index contributed by atoms with van der Waals surface area (Å²) in [6.45, 7) is 4.15. The summed E-state index contributed by atoms with van der Waals surface area (Å²) in [5.74, 6) is 0.959. The molecule has 90 valence electrons. The minimum atomic E-state index is 0.330. The summed E-state index contributed by atoms with van der Waals surface area (Å²) in [5.41, 5.74) is 2.05. The van der Waals surface area contributed by atoms with Gasteiger partial charge in [0.1, 0.15) is 17.4 Å². The van der Waals surface area contributed by atoms with E-state index in [0.717, 1.165) is 48.2 Å². The van der Waals surface area contributed by atoms with Crippen molar-refractivity contribution in [3.63, 3.8) is 0 Å². The zero-order chi connectivity index (χ0) is 11.7. The molecule has 3 heteroatoms. The van der Waals surface area contributed by atoms with Gasteiger partial charge in [0, 0.05) is 0 Å². The first-order chi connectivity index (χ1) is 8.34. The van der Waals surface area contributed by atoms with E-state index < -0.39 is 0 Å². The van der Waals surface area contributed by atoms with Crippen molar-refractivity contribution in [2.24, 2.45) is 0 Å². The van der Waals surface area contributed by atoms with Gasteiger partial charge in [0.15, 0.2) is 0 Å². The molecule has 0 unspecified atom stereocenters. The Morgan fingerprint density at radius 2 is 2.12 bits per heavy atom. The maximum Gasteiger partial charge on any atom is 0.137 e. The number of furan rings is 1. The predicted octanol–water partition coefficient (Wildman–Crippen LogP) is 2.87. The lowest BCUT2D eigenvalue weighted by molar-refractivity contribution is 0.164. The fourth-order valence-electron chi connectivity index (χ4n) is 2.40. The van der Waals surface area contributed by atoms with E-state index in [-0.39, 0.29) is 0 Å². The van der Waals surface area contributed by atoms with Crippen molar-refractivity contribution < 1.29 is 9.15 Å². The third-order valence-electron chi connectivity index (χ3n) is 3.32. The second-order valence-electron chi connectivity index (χ2n) is 4.62. The van der Waals surface area contributed by atoms with E-state index in [2.05, 4.69) is 12.2 Å². The molecule has 0 radical (unpaired) electrons. The van der Waals surface area contributed by atoms with Gasteiger partial charge < -0.3 is 14.5 Å². The largest absolute Gasteiger partial charge is 0.490 e. The predicted molar refractivity (Wildman–Crippen MR) is 67.5 cm³/mol. The fraction of sp³-hybridized carbons (Fsp3) is 0.429. The summed E-state index contributed by atoms with van der Waals surface area (Å²) >= 11 is 0. The Morgan fingerprint density at radius 1 is 1.29 bits per heavy atom. The van der Waals surface area contributed by atoms with Gasteiger partial charge >= 0.3 is 0 Å². The SMILES string of the molecule is Cc1coc2cccc(OC3CCNCC3)c12. The lowest BCUT2D eigenvalue weighted by Gasteiger charge is -2.24. The van der Waals surface area contributed by atoms with Crippen LogP contribution in [0.2, 0.25) is 0 Å². The first kappa shape index (κ1) is 10.7. The maximum absolute atomic E-state index is 6.11. The molecule has 17 heavy (non-hydrogen) atoms. The molecule has 0 bridgehead atoms. The van der Waals surface area contributed by atoms with Crippen LogP contribution in [0, 0.1) is 6.92 Å². The topological polar surface area (TPSA) is 34.4 Å². The third-order valence-corrected chi connectivity index (χ3v) is 3.32. The minimum Gasteiger partial charge on any atom is -0.490 e. The molecule has 1 aromatic carbocycles. The Morgan fingerprint density at radius 3 is 2.94 bits per heavy atom. The lowest BCUT2D eigenvalue weighted by atomic mass is 10.1. The van der Waals surface area contributed by atoms with Crippen molar-refractivity contribution >= 4 is 11.0 Å². The van der Waals surface area contributed by atoms with Gasteiger partial charge in [-0.1, -0.05) is 6.07 Å². The molecule has 1 aliphatic heterocycles. The fourth-order valence-corrected chi connectivity index (χ4v) is 2.40. The van der Waals surface area contributed by atoms with Crippen LogP contribution in [0.1, 0.15) is 18.4 Å². The van der Waals surface area contributed by atoms with Crippen LogP contribution in [0.15, 0.2) is 28.9 Å². The van der Waals surface area contributed by atoms with Crippen molar-refractivity contribution in [2.45, 2.75) is 25.9 Å². The van der Waals surface area contributed by atoms with Crippen molar-refractivity contribution in [2.75, 3.05) is 13.1 Å². The Hall–Kier alpha value is -1.48. The summed E-state index contributed by atoms with van der Waals surface area (Å²) in [6, 6.07) is 6.01. The average molecular weight is 231 g/mol. The van der Waals surface area contributed by atoms with Gasteiger partial charge in [-0.15, -0.1) is 0 Å². The summed E-state index contributed by atoms with van der Waals surface area (Å²) in [4.78, 5) is 0. The highest BCUT2D eigenvalue weighted by Crippen LogP contribution is 2.31. The molecule has 1 fully saturated rings. The molecule has 0 saturated carbocycles. The molecule has 3 rings (SSSR count). The van der Waals surface area contributed by atoms with E-state index >= 15 is 0 Å². The molecular formula is C14H17NO2. The van der Waals surface area contributed by atoms with Gasteiger partial charge in [0.2, 0.25) is 0 Å². The van der Waals surface area contributed by atoms with E-state index in [1.165, 1.54) is 0 Å². The highest BCUT2D eigenvalue weighted by atomic mass is 16.5. The van der Waals surface area contributed by atoms with E-state index in [1.54, 1.807) is 6.26 Å². The van der Waals surface area contributed by atoms with Crippen LogP contribution in [0.5, 0.6) is 5.75 Å². The number of nitrogens with one attached hydrogen (secondary N) is 1. The van der Waals surface area contributed by atoms with Crippen molar-refractivity contribution in [3.05, 3.63) is 30.0 Å². The molecule has 2 heterocycles. The van der Waals surface area contributed by atoms with Gasteiger partial charge in [-0.3, -0.25) is 0 Å². The van der Waals surface area contributed by atoms with Crippen molar-refractivity contribution in [1.29, 1.82) is 0 Å². The van der Waals surface area contributed by atoms with Gasteiger partial charge in [-0.05, 0) is 50.6 Å². The lowest BCUT2D eigenvalue weighted by Crippen LogP contribution is -2.34. The van der Waals surface area contributed by atoms with Crippen LogP contribution in [0.25, 0.3) is 11.0 Å². The zero-order valence-corrected chi connectivity index (χ0v) is 10.0. The molecule has 1 N–H and O–H groups in total. The average Bonchev–Trinajstić information content (AvgIpc) is 2.74. The maximum atomic E-state index is 6.11. The number of ether oxygens (including phenoxy) is 1. The molecule has 0 amide bonds. The number of piperidine rings is 1. The normalized spacial score (nSPS) is 17.5. The molecule has 3 nitrogen and oxygen atoms in total. The standard InChI is InChI=1S/C14H17NO2/c1-10-9-16-12-3-2-4-13(14(10)12)17-11-5-7-15-8-6-11/h2-4,9,11,15H,5-8H2,1H3. The number of hydrogen-bond acceptors (Lipinski definition) is 3. The molecule has 2 aromatic rings. The van der Waals surface area contributed by atoms with Crippen LogP contribution in [0.3, 0.4) is 0 Å². The molecule has 1 saturated heterocycles. The van der Waals surface area contributed by atoms with Crippen molar-refractivity contribution in [1.82, 2.24) is 5.32 Å². The third kappa shape index (κ3) is 2.03. The van der Waals surface area contributed by atoms with Crippen LogP contribution in [-0.4, -0.2) is 19.2 Å². The van der Waals surface area contributed by atoms with E-state index in [9.17, 15) is 0 Å². The first-order valence-corrected chi connectivity index (χ1v) is 6.19. The highest BCUT2D eigenvalue weighted by molar-refractivity contribution is 5.87. The van der Waals surface area contributed by atoms with Gasteiger partial charge in [0.05, 0.1) is 11.6 Å². The second kappa shape index (κ2) is 4.41. The van der Waals surface area contributed by atoms with Crippen LogP contribution >= 0.6 is 0 Å². The minimum absolute atomic E-state index is 0.330. The molecular weight excluding hydrogens is 214 g/mol. The highest BCUT2D eigenvalue weighted by Gasteiger charge is 2.16. The Labute approximate surface area is 101 Å². The Kier molecular flexibility index (Phi) is 2.77. The van der Waals surface area contributed by atoms with Gasteiger partial charge in [0.25, 0.3) is 0 Å². The van der Waals surface area contributed by atoms with Crippen molar-refractivity contribution in [3.8, 4) is 5.75 Å². The molecule has 0 atom stereocenters. The Balaban J connectivity index is 1.91. The molecule has 0 spiro atoms. The monoisotopic (exact) mass is 231 g/mol. The van der Waals surface area contributed by atoms with Crippen LogP contribution < -0.4 is 10.1 Å². The summed E-state index contributed by atoms with van der Waals surface area (Å²) in [5, 5.41) is 4.46. The number of benzene rings is 1.